The van der Waals surface area contributed by atoms with Gasteiger partial charge < -0.3 is 10.0 Å². The van der Waals surface area contributed by atoms with Gasteiger partial charge in [-0.2, -0.15) is 0 Å². The lowest BCUT2D eigenvalue weighted by molar-refractivity contribution is 0.0769. The van der Waals surface area contributed by atoms with Crippen LogP contribution in [0.1, 0.15) is 23.7 Å². The molecule has 0 heterocycles. The Morgan fingerprint density at radius 3 is 2.58 bits per heavy atom. The smallest absolute Gasteiger partial charge is 0.253 e. The molecule has 0 spiro atoms. The molecule has 2 aromatic carbocycles. The van der Waals surface area contributed by atoms with E-state index >= 15 is 0 Å². The lowest BCUT2D eigenvalue weighted by atomic mass is 10.1. The highest BCUT2D eigenvalue weighted by Gasteiger charge is 2.12. The van der Waals surface area contributed by atoms with Crippen molar-refractivity contribution in [1.29, 1.82) is 0 Å². The zero-order valence-corrected chi connectivity index (χ0v) is 11.3. The van der Waals surface area contributed by atoms with Crippen molar-refractivity contribution in [3.05, 3.63) is 48.0 Å². The van der Waals surface area contributed by atoms with Crippen LogP contribution in [0.4, 0.5) is 0 Å². The first-order chi connectivity index (χ1) is 9.08. The van der Waals surface area contributed by atoms with Gasteiger partial charge in [-0.3, -0.25) is 4.79 Å². The Labute approximate surface area is 113 Å². The lowest BCUT2D eigenvalue weighted by Gasteiger charge is -2.18. The van der Waals surface area contributed by atoms with Crippen molar-refractivity contribution in [3.63, 3.8) is 0 Å². The topological polar surface area (TPSA) is 40.5 Å². The molecule has 0 aromatic heterocycles. The average Bonchev–Trinajstić information content (AvgIpc) is 2.43. The summed E-state index contributed by atoms with van der Waals surface area (Å²) < 4.78 is 0. The van der Waals surface area contributed by atoms with Gasteiger partial charge in [-0.05, 0) is 36.2 Å². The van der Waals surface area contributed by atoms with E-state index in [4.69, 9.17) is 0 Å². The second-order valence-electron chi connectivity index (χ2n) is 4.93. The number of aliphatic hydroxyl groups is 1. The van der Waals surface area contributed by atoms with E-state index in [1.165, 1.54) is 0 Å². The fourth-order valence-corrected chi connectivity index (χ4v) is 2.02. The first-order valence-corrected chi connectivity index (χ1v) is 6.50. The van der Waals surface area contributed by atoms with Gasteiger partial charge in [-0.1, -0.05) is 30.3 Å². The summed E-state index contributed by atoms with van der Waals surface area (Å²) in [7, 11) is 1.76. The predicted molar refractivity (Wildman–Crippen MR) is 77.2 cm³/mol. The Kier molecular flexibility index (Phi) is 4.17. The summed E-state index contributed by atoms with van der Waals surface area (Å²) in [5.74, 6) is -0.00796. The molecule has 0 radical (unpaired) electrons. The summed E-state index contributed by atoms with van der Waals surface area (Å²) in [6, 6.07) is 13.7. The second-order valence-corrected chi connectivity index (χ2v) is 4.93. The number of hydrogen-bond donors (Lipinski definition) is 1. The zero-order chi connectivity index (χ0) is 13.8. The zero-order valence-electron chi connectivity index (χ0n) is 11.3. The van der Waals surface area contributed by atoms with Crippen LogP contribution in [-0.2, 0) is 0 Å². The molecule has 100 valence electrons. The van der Waals surface area contributed by atoms with E-state index in [1.807, 2.05) is 42.5 Å². The highest BCUT2D eigenvalue weighted by molar-refractivity contribution is 5.98. The summed E-state index contributed by atoms with van der Waals surface area (Å²) in [6.07, 6.45) is 0.211. The molecule has 0 saturated carbocycles. The molecule has 0 aliphatic rings. The third-order valence-electron chi connectivity index (χ3n) is 3.23. The Morgan fingerprint density at radius 2 is 1.89 bits per heavy atom. The molecule has 0 saturated heterocycles. The number of nitrogens with zero attached hydrogens (tertiary/aromatic N) is 1. The fraction of sp³-hybridized carbons (Fsp3) is 0.312. The Bertz CT molecular complexity index is 578. The van der Waals surface area contributed by atoms with Crippen molar-refractivity contribution in [2.45, 2.75) is 19.4 Å². The fourth-order valence-electron chi connectivity index (χ4n) is 2.02. The van der Waals surface area contributed by atoms with Crippen molar-refractivity contribution >= 4 is 16.7 Å². The van der Waals surface area contributed by atoms with E-state index in [-0.39, 0.29) is 12.0 Å². The number of carbonyl (C=O) groups excluding carboxylic acids is 1. The quantitative estimate of drug-likeness (QED) is 0.914. The van der Waals surface area contributed by atoms with Crippen LogP contribution in [0.15, 0.2) is 42.5 Å². The molecule has 2 aromatic rings. The van der Waals surface area contributed by atoms with Crippen LogP contribution >= 0.6 is 0 Å². The molecule has 1 N–H and O–H groups in total. The molecule has 3 nitrogen and oxygen atoms in total. The molecular formula is C16H19NO2. The highest BCUT2D eigenvalue weighted by atomic mass is 16.3. The van der Waals surface area contributed by atoms with Crippen LogP contribution in [-0.4, -0.2) is 35.6 Å². The molecule has 0 fully saturated rings. The minimum atomic E-state index is -0.383. The van der Waals surface area contributed by atoms with Crippen LogP contribution in [0.3, 0.4) is 0 Å². The lowest BCUT2D eigenvalue weighted by Crippen LogP contribution is -2.29. The third-order valence-corrected chi connectivity index (χ3v) is 3.23. The minimum absolute atomic E-state index is 0.00796. The van der Waals surface area contributed by atoms with Crippen molar-refractivity contribution in [2.24, 2.45) is 0 Å². The SMILES string of the molecule is CC(O)CCN(C)C(=O)c1ccc2ccccc2c1. The van der Waals surface area contributed by atoms with Gasteiger partial charge in [0.1, 0.15) is 0 Å². The molecule has 1 amide bonds. The number of rotatable bonds is 4. The maximum Gasteiger partial charge on any atom is 0.253 e. The van der Waals surface area contributed by atoms with E-state index in [1.54, 1.807) is 18.9 Å². The van der Waals surface area contributed by atoms with Gasteiger partial charge in [0.25, 0.3) is 5.91 Å². The monoisotopic (exact) mass is 257 g/mol. The summed E-state index contributed by atoms with van der Waals surface area (Å²) in [6.45, 7) is 2.29. The number of hydrogen-bond acceptors (Lipinski definition) is 2. The normalized spacial score (nSPS) is 12.4. The molecular weight excluding hydrogens is 238 g/mol. The maximum atomic E-state index is 12.2. The van der Waals surface area contributed by atoms with Crippen LogP contribution in [0, 0.1) is 0 Å². The summed E-state index contributed by atoms with van der Waals surface area (Å²) in [4.78, 5) is 13.9. The van der Waals surface area contributed by atoms with Crippen molar-refractivity contribution < 1.29 is 9.90 Å². The molecule has 0 bridgehead atoms. The number of aliphatic hydroxyl groups excluding tert-OH is 1. The van der Waals surface area contributed by atoms with Crippen LogP contribution < -0.4 is 0 Å². The minimum Gasteiger partial charge on any atom is -0.393 e. The van der Waals surface area contributed by atoms with Crippen LogP contribution in [0.5, 0.6) is 0 Å². The maximum absolute atomic E-state index is 12.2. The largest absolute Gasteiger partial charge is 0.393 e. The summed E-state index contributed by atoms with van der Waals surface area (Å²) >= 11 is 0. The Morgan fingerprint density at radius 1 is 1.21 bits per heavy atom. The molecule has 3 heteroatoms. The van der Waals surface area contributed by atoms with Gasteiger partial charge in [0.05, 0.1) is 6.10 Å². The number of fused-ring (bicyclic) bond motifs is 1. The highest BCUT2D eigenvalue weighted by Crippen LogP contribution is 2.16. The van der Waals surface area contributed by atoms with E-state index in [0.717, 1.165) is 10.8 Å². The first kappa shape index (κ1) is 13.6. The van der Waals surface area contributed by atoms with Crippen molar-refractivity contribution in [3.8, 4) is 0 Å². The van der Waals surface area contributed by atoms with Gasteiger partial charge in [0, 0.05) is 19.2 Å². The molecule has 0 aliphatic heterocycles. The van der Waals surface area contributed by atoms with E-state index in [9.17, 15) is 9.90 Å². The van der Waals surface area contributed by atoms with Crippen LogP contribution in [0.2, 0.25) is 0 Å². The molecule has 0 aliphatic carbocycles. The van der Waals surface area contributed by atoms with E-state index in [0.29, 0.717) is 18.5 Å². The Hall–Kier alpha value is -1.87. The number of benzene rings is 2. The molecule has 19 heavy (non-hydrogen) atoms. The third kappa shape index (κ3) is 3.32. The molecule has 1 atom stereocenters. The van der Waals surface area contributed by atoms with Gasteiger partial charge >= 0.3 is 0 Å². The Balaban J connectivity index is 2.16. The van der Waals surface area contributed by atoms with Crippen molar-refractivity contribution in [1.82, 2.24) is 4.90 Å². The predicted octanol–water partition coefficient (Wildman–Crippen LogP) is 2.68. The van der Waals surface area contributed by atoms with Gasteiger partial charge in [-0.25, -0.2) is 0 Å². The second kappa shape index (κ2) is 5.85. The number of amides is 1. The average molecular weight is 257 g/mol. The van der Waals surface area contributed by atoms with Crippen LogP contribution in [0.25, 0.3) is 10.8 Å². The standard InChI is InChI=1S/C16H19NO2/c1-12(18)9-10-17(2)16(19)15-8-7-13-5-3-4-6-14(13)11-15/h3-8,11-12,18H,9-10H2,1-2H3. The van der Waals surface area contributed by atoms with E-state index in [2.05, 4.69) is 0 Å². The number of carbonyl (C=O) groups is 1. The molecule has 2 rings (SSSR count). The summed E-state index contributed by atoms with van der Waals surface area (Å²) in [5.41, 5.74) is 0.687. The first-order valence-electron chi connectivity index (χ1n) is 6.50. The van der Waals surface area contributed by atoms with Crippen molar-refractivity contribution in [2.75, 3.05) is 13.6 Å². The van der Waals surface area contributed by atoms with Gasteiger partial charge in [-0.15, -0.1) is 0 Å². The van der Waals surface area contributed by atoms with Gasteiger partial charge in [0.2, 0.25) is 0 Å². The molecule has 1 unspecified atom stereocenters. The summed E-state index contributed by atoms with van der Waals surface area (Å²) in [5, 5.41) is 11.5. The van der Waals surface area contributed by atoms with E-state index < -0.39 is 0 Å². The van der Waals surface area contributed by atoms with Gasteiger partial charge in [0.15, 0.2) is 0 Å².